The van der Waals surface area contributed by atoms with Gasteiger partial charge < -0.3 is 29.6 Å². The molecule has 0 amide bonds. The molecule has 0 spiro atoms. The molecule has 1 saturated carbocycles. The van der Waals surface area contributed by atoms with E-state index < -0.39 is 22.6 Å². The number of methoxy groups -OCH3 is 1. The molecular weight excluding hydrogens is 581 g/mol. The van der Waals surface area contributed by atoms with Gasteiger partial charge in [-0.2, -0.15) is 13.2 Å². The van der Waals surface area contributed by atoms with Gasteiger partial charge in [0.2, 0.25) is 0 Å². The molecule has 0 atom stereocenters. The molecule has 0 aliphatic heterocycles. The molecule has 1 fully saturated rings. The number of nitrogens with zero attached hydrogens (tertiary/aromatic N) is 2. The summed E-state index contributed by atoms with van der Waals surface area (Å²) in [6, 6.07) is 12.3. The molecule has 43 heavy (non-hydrogen) atoms. The Labute approximate surface area is 251 Å². The van der Waals surface area contributed by atoms with Crippen LogP contribution in [0.1, 0.15) is 31.4 Å². The van der Waals surface area contributed by atoms with Crippen LogP contribution in [0.2, 0.25) is 0 Å². The van der Waals surface area contributed by atoms with Crippen LogP contribution >= 0.6 is 0 Å². The Bertz CT molecular complexity index is 1570. The molecule has 1 aliphatic carbocycles. The molecular formula is C31H39F3N4O4S. The fourth-order valence-electron chi connectivity index (χ4n) is 5.33. The fourth-order valence-corrected chi connectivity index (χ4v) is 5.96. The topological polar surface area (TPSA) is 84.8 Å². The average Bonchev–Trinajstić information content (AvgIpc) is 3.28. The first kappa shape index (κ1) is 32.5. The van der Waals surface area contributed by atoms with Gasteiger partial charge in [0.15, 0.2) is 9.84 Å². The molecule has 0 radical (unpaired) electrons. The second-order valence-electron chi connectivity index (χ2n) is 11.0. The number of hydrogen-bond acceptors (Lipinski definition) is 7. The van der Waals surface area contributed by atoms with Crippen LogP contribution in [0.15, 0.2) is 47.4 Å². The van der Waals surface area contributed by atoms with Gasteiger partial charge in [0.1, 0.15) is 18.9 Å². The minimum Gasteiger partial charge on any atom is -0.489 e. The molecule has 0 unspecified atom stereocenters. The number of hydrogen-bond donors (Lipinski definition) is 2. The van der Waals surface area contributed by atoms with E-state index in [9.17, 15) is 21.6 Å². The standard InChI is InChI=1S/C31H39F3N4O4S/c1-37(2)23-12-10-22(11-13-23)36-27-8-5-9-29-26(27)19-24(38(29)21-31(32,33)34)7-6-16-35-28-15-14-25(43(4,39)40)20-30(28)42-18-17-41-3/h5,8-9,14-15,19-20,22-23,35-36H,10-13,16-18,21H2,1-4H3/t22-,23-. The quantitative estimate of drug-likeness (QED) is 0.220. The number of rotatable bonds is 11. The third-order valence-electron chi connectivity index (χ3n) is 7.58. The highest BCUT2D eigenvalue weighted by Crippen LogP contribution is 2.33. The van der Waals surface area contributed by atoms with Gasteiger partial charge in [-0.15, -0.1) is 0 Å². The largest absolute Gasteiger partial charge is 0.489 e. The first-order chi connectivity index (χ1) is 20.4. The summed E-state index contributed by atoms with van der Waals surface area (Å²) in [5.74, 6) is 6.14. The van der Waals surface area contributed by atoms with Gasteiger partial charge in [0.25, 0.3) is 0 Å². The summed E-state index contributed by atoms with van der Waals surface area (Å²) in [6.45, 7) is -0.558. The van der Waals surface area contributed by atoms with Crippen LogP contribution in [-0.2, 0) is 21.1 Å². The van der Waals surface area contributed by atoms with Crippen LogP contribution < -0.4 is 15.4 Å². The second kappa shape index (κ2) is 13.9. The van der Waals surface area contributed by atoms with Crippen molar-refractivity contribution in [3.05, 3.63) is 48.2 Å². The number of ether oxygens (including phenoxy) is 2. The summed E-state index contributed by atoms with van der Waals surface area (Å²) in [5.41, 5.74) is 2.02. The first-order valence-electron chi connectivity index (χ1n) is 14.2. The van der Waals surface area contributed by atoms with Crippen LogP contribution in [0.5, 0.6) is 5.75 Å². The summed E-state index contributed by atoms with van der Waals surface area (Å²) in [4.78, 5) is 2.34. The SMILES string of the molecule is COCCOc1cc(S(C)(=O)=O)ccc1NCC#Cc1cc2c(N[C@H]3CC[C@H](N(C)C)CC3)cccc2n1CC(F)(F)F. The lowest BCUT2D eigenvalue weighted by Crippen LogP contribution is -2.36. The van der Waals surface area contributed by atoms with Gasteiger partial charge in [-0.05, 0) is 76.0 Å². The average molecular weight is 621 g/mol. The number of alkyl halides is 3. The number of anilines is 2. The van der Waals surface area contributed by atoms with Gasteiger partial charge in [0.05, 0.1) is 34.9 Å². The molecule has 1 aromatic heterocycles. The van der Waals surface area contributed by atoms with E-state index in [0.29, 0.717) is 35.0 Å². The minimum atomic E-state index is -4.43. The summed E-state index contributed by atoms with van der Waals surface area (Å²) >= 11 is 0. The van der Waals surface area contributed by atoms with Crippen LogP contribution in [0.3, 0.4) is 0 Å². The Morgan fingerprint density at radius 2 is 1.79 bits per heavy atom. The predicted molar refractivity (Wildman–Crippen MR) is 164 cm³/mol. The highest BCUT2D eigenvalue weighted by atomic mass is 32.2. The summed E-state index contributed by atoms with van der Waals surface area (Å²) < 4.78 is 76.8. The molecule has 234 valence electrons. The molecule has 1 heterocycles. The van der Waals surface area contributed by atoms with Gasteiger partial charge in [-0.3, -0.25) is 0 Å². The Morgan fingerprint density at radius 1 is 1.05 bits per heavy atom. The Balaban J connectivity index is 1.57. The Morgan fingerprint density at radius 3 is 2.44 bits per heavy atom. The van der Waals surface area contributed by atoms with E-state index in [2.05, 4.69) is 41.5 Å². The minimum absolute atomic E-state index is 0.0899. The maximum absolute atomic E-state index is 13.6. The van der Waals surface area contributed by atoms with Crippen molar-refractivity contribution >= 4 is 32.1 Å². The van der Waals surface area contributed by atoms with Crippen molar-refractivity contribution in [2.24, 2.45) is 0 Å². The number of halogens is 3. The highest BCUT2D eigenvalue weighted by Gasteiger charge is 2.30. The van der Waals surface area contributed by atoms with Gasteiger partial charge in [-0.25, -0.2) is 8.42 Å². The smallest absolute Gasteiger partial charge is 0.406 e. The van der Waals surface area contributed by atoms with Crippen molar-refractivity contribution in [3.63, 3.8) is 0 Å². The lowest BCUT2D eigenvalue weighted by molar-refractivity contribution is -0.140. The predicted octanol–water partition coefficient (Wildman–Crippen LogP) is 5.38. The first-order valence-corrected chi connectivity index (χ1v) is 16.1. The Kier molecular flexibility index (Phi) is 10.5. The van der Waals surface area contributed by atoms with E-state index in [1.807, 2.05) is 6.07 Å². The zero-order valence-corrected chi connectivity index (χ0v) is 25.7. The number of nitrogens with one attached hydrogen (secondary N) is 2. The molecule has 0 bridgehead atoms. The van der Waals surface area contributed by atoms with Crippen molar-refractivity contribution < 1.29 is 31.1 Å². The lowest BCUT2D eigenvalue weighted by Gasteiger charge is -2.33. The molecule has 8 nitrogen and oxygen atoms in total. The zero-order chi connectivity index (χ0) is 31.2. The summed E-state index contributed by atoms with van der Waals surface area (Å²) in [7, 11) is 2.25. The van der Waals surface area contributed by atoms with Crippen LogP contribution in [-0.4, -0.2) is 83.4 Å². The van der Waals surface area contributed by atoms with Crippen molar-refractivity contribution in [3.8, 4) is 17.6 Å². The molecule has 12 heteroatoms. The van der Waals surface area contributed by atoms with Crippen molar-refractivity contribution in [1.82, 2.24) is 9.47 Å². The second-order valence-corrected chi connectivity index (χ2v) is 13.0. The maximum Gasteiger partial charge on any atom is 0.406 e. The van der Waals surface area contributed by atoms with E-state index in [4.69, 9.17) is 9.47 Å². The number of sulfone groups is 1. The van der Waals surface area contributed by atoms with E-state index >= 15 is 0 Å². The van der Waals surface area contributed by atoms with Crippen LogP contribution in [0, 0.1) is 11.8 Å². The van der Waals surface area contributed by atoms with E-state index in [0.717, 1.165) is 37.6 Å². The van der Waals surface area contributed by atoms with Crippen molar-refractivity contribution in [2.75, 3.05) is 57.9 Å². The third kappa shape index (κ3) is 8.81. The monoisotopic (exact) mass is 620 g/mol. The fraction of sp³-hybridized carbons (Fsp3) is 0.484. The number of fused-ring (bicyclic) bond motifs is 1. The van der Waals surface area contributed by atoms with Gasteiger partial charge in [0, 0.05) is 42.6 Å². The molecule has 0 saturated heterocycles. The van der Waals surface area contributed by atoms with Crippen molar-refractivity contribution in [2.45, 2.75) is 55.4 Å². The van der Waals surface area contributed by atoms with E-state index in [1.165, 1.54) is 23.8 Å². The maximum atomic E-state index is 13.6. The molecule has 4 rings (SSSR count). The Hall–Kier alpha value is -3.40. The molecule has 3 aromatic rings. The van der Waals surface area contributed by atoms with Crippen LogP contribution in [0.25, 0.3) is 10.9 Å². The summed E-state index contributed by atoms with van der Waals surface area (Å²) in [6.07, 6.45) is 0.790. The molecule has 2 N–H and O–H groups in total. The summed E-state index contributed by atoms with van der Waals surface area (Å²) in [5, 5.41) is 7.36. The third-order valence-corrected chi connectivity index (χ3v) is 8.69. The van der Waals surface area contributed by atoms with Gasteiger partial charge >= 0.3 is 6.18 Å². The van der Waals surface area contributed by atoms with Crippen molar-refractivity contribution in [1.29, 1.82) is 0 Å². The normalized spacial score (nSPS) is 17.5. The number of benzene rings is 2. The zero-order valence-electron chi connectivity index (χ0n) is 24.9. The molecule has 2 aromatic carbocycles. The number of aromatic nitrogens is 1. The van der Waals surface area contributed by atoms with Crippen LogP contribution in [0.4, 0.5) is 24.5 Å². The lowest BCUT2D eigenvalue weighted by atomic mass is 9.90. The molecule has 1 aliphatic rings. The van der Waals surface area contributed by atoms with E-state index in [1.54, 1.807) is 24.3 Å². The van der Waals surface area contributed by atoms with E-state index in [-0.39, 0.29) is 29.8 Å². The highest BCUT2D eigenvalue weighted by molar-refractivity contribution is 7.90. The van der Waals surface area contributed by atoms with Gasteiger partial charge in [-0.1, -0.05) is 12.0 Å².